The maximum absolute atomic E-state index is 13.0. The van der Waals surface area contributed by atoms with E-state index in [-0.39, 0.29) is 23.8 Å². The first kappa shape index (κ1) is 24.1. The Morgan fingerprint density at radius 1 is 1.08 bits per heavy atom. The molecule has 1 fully saturated rings. The SMILES string of the molecule is Cc1cccc(NC(=O)CN2C(=O)S/C(=C\c3cn(Cc4ccc(C(=O)O)o4)c4ccccc34)C2=O)c1. The lowest BCUT2D eigenvalue weighted by Gasteiger charge is -2.12. The molecule has 0 aliphatic carbocycles. The van der Waals surface area contributed by atoms with Crippen molar-refractivity contribution in [3.8, 4) is 0 Å². The molecule has 10 heteroatoms. The van der Waals surface area contributed by atoms with Crippen molar-refractivity contribution in [3.63, 3.8) is 0 Å². The normalized spacial score (nSPS) is 14.6. The van der Waals surface area contributed by atoms with Gasteiger partial charge in [0.2, 0.25) is 11.7 Å². The first-order valence-electron chi connectivity index (χ1n) is 11.3. The molecule has 5 rings (SSSR count). The minimum Gasteiger partial charge on any atom is -0.475 e. The van der Waals surface area contributed by atoms with Crippen LogP contribution in [-0.4, -0.2) is 44.1 Å². The number of rotatable bonds is 7. The van der Waals surface area contributed by atoms with Crippen molar-refractivity contribution >= 4 is 57.5 Å². The Bertz CT molecular complexity index is 1600. The minimum absolute atomic E-state index is 0.146. The number of carbonyl (C=O) groups excluding carboxylic acids is 3. The van der Waals surface area contributed by atoms with Crippen LogP contribution in [0.1, 0.15) is 27.4 Å². The first-order valence-corrected chi connectivity index (χ1v) is 12.1. The van der Waals surface area contributed by atoms with Crippen molar-refractivity contribution in [2.24, 2.45) is 0 Å². The number of nitrogens with one attached hydrogen (secondary N) is 1. The number of benzene rings is 2. The number of carbonyl (C=O) groups is 4. The number of thioether (sulfide) groups is 1. The van der Waals surface area contributed by atoms with Crippen molar-refractivity contribution in [1.82, 2.24) is 9.47 Å². The fraction of sp³-hybridized carbons (Fsp3) is 0.111. The zero-order valence-corrected chi connectivity index (χ0v) is 20.5. The molecule has 2 aromatic heterocycles. The number of aromatic nitrogens is 1. The van der Waals surface area contributed by atoms with E-state index < -0.39 is 23.0 Å². The minimum atomic E-state index is -1.15. The van der Waals surface area contributed by atoms with Crippen LogP contribution >= 0.6 is 11.8 Å². The lowest BCUT2D eigenvalue weighted by molar-refractivity contribution is -0.127. The van der Waals surface area contributed by atoms with Gasteiger partial charge in [-0.25, -0.2) is 4.79 Å². The number of imide groups is 1. The van der Waals surface area contributed by atoms with Crippen molar-refractivity contribution in [2.45, 2.75) is 13.5 Å². The zero-order chi connectivity index (χ0) is 26.1. The van der Waals surface area contributed by atoms with Gasteiger partial charge in [0.25, 0.3) is 11.1 Å². The Morgan fingerprint density at radius 3 is 2.65 bits per heavy atom. The largest absolute Gasteiger partial charge is 0.475 e. The molecule has 4 aromatic rings. The van der Waals surface area contributed by atoms with E-state index in [0.29, 0.717) is 17.0 Å². The number of amides is 3. The molecule has 186 valence electrons. The van der Waals surface area contributed by atoms with Gasteiger partial charge in [-0.15, -0.1) is 0 Å². The second-order valence-corrected chi connectivity index (χ2v) is 9.48. The van der Waals surface area contributed by atoms with E-state index in [1.165, 1.54) is 6.07 Å². The lowest BCUT2D eigenvalue weighted by atomic mass is 10.1. The molecule has 1 saturated heterocycles. The van der Waals surface area contributed by atoms with Gasteiger partial charge >= 0.3 is 5.97 Å². The fourth-order valence-corrected chi connectivity index (χ4v) is 4.94. The highest BCUT2D eigenvalue weighted by molar-refractivity contribution is 8.18. The maximum atomic E-state index is 13.0. The first-order chi connectivity index (χ1) is 17.8. The number of para-hydroxylation sites is 1. The molecule has 0 radical (unpaired) electrons. The Balaban J connectivity index is 1.37. The van der Waals surface area contributed by atoms with Gasteiger partial charge in [0.05, 0.1) is 11.4 Å². The molecule has 9 nitrogen and oxygen atoms in total. The van der Waals surface area contributed by atoms with E-state index in [1.807, 2.05) is 48.0 Å². The van der Waals surface area contributed by atoms with Gasteiger partial charge in [0, 0.05) is 28.4 Å². The molecule has 0 spiro atoms. The molecule has 0 bridgehead atoms. The average Bonchev–Trinajstić information content (AvgIpc) is 3.53. The molecule has 0 saturated carbocycles. The highest BCUT2D eigenvalue weighted by atomic mass is 32.2. The monoisotopic (exact) mass is 515 g/mol. The van der Waals surface area contributed by atoms with Gasteiger partial charge < -0.3 is 19.4 Å². The van der Waals surface area contributed by atoms with Crippen LogP contribution in [0.15, 0.2) is 76.2 Å². The van der Waals surface area contributed by atoms with Crippen LogP contribution in [0.3, 0.4) is 0 Å². The van der Waals surface area contributed by atoms with E-state index in [1.54, 1.807) is 30.3 Å². The van der Waals surface area contributed by atoms with Crippen LogP contribution in [0.2, 0.25) is 0 Å². The fourth-order valence-electron chi connectivity index (χ4n) is 4.11. The Morgan fingerprint density at radius 2 is 1.89 bits per heavy atom. The highest BCUT2D eigenvalue weighted by Crippen LogP contribution is 2.34. The Kier molecular flexibility index (Phi) is 6.41. The topological polar surface area (TPSA) is 122 Å². The summed E-state index contributed by atoms with van der Waals surface area (Å²) in [6, 6.07) is 17.8. The van der Waals surface area contributed by atoms with Crippen LogP contribution in [0.4, 0.5) is 10.5 Å². The molecular weight excluding hydrogens is 494 g/mol. The predicted octanol–water partition coefficient (Wildman–Crippen LogP) is 4.96. The summed E-state index contributed by atoms with van der Waals surface area (Å²) in [4.78, 5) is 50.4. The van der Waals surface area contributed by atoms with Crippen molar-refractivity contribution in [1.29, 1.82) is 0 Å². The number of carboxylic acid groups (broad SMARTS) is 1. The molecule has 0 unspecified atom stereocenters. The van der Waals surface area contributed by atoms with Gasteiger partial charge in [-0.05, 0) is 60.7 Å². The van der Waals surface area contributed by atoms with Crippen molar-refractivity contribution in [2.75, 3.05) is 11.9 Å². The molecule has 1 aliphatic rings. The quantitative estimate of drug-likeness (QED) is 0.334. The van der Waals surface area contributed by atoms with Gasteiger partial charge in [-0.1, -0.05) is 30.3 Å². The number of fused-ring (bicyclic) bond motifs is 1. The molecular formula is C27H21N3O6S. The van der Waals surface area contributed by atoms with E-state index in [4.69, 9.17) is 9.52 Å². The smallest absolute Gasteiger partial charge is 0.371 e. The summed E-state index contributed by atoms with van der Waals surface area (Å²) in [5, 5.41) is 12.1. The summed E-state index contributed by atoms with van der Waals surface area (Å²) in [6.07, 6.45) is 3.44. The third kappa shape index (κ3) is 5.05. The predicted molar refractivity (Wildman–Crippen MR) is 139 cm³/mol. The van der Waals surface area contributed by atoms with E-state index in [0.717, 1.165) is 33.1 Å². The zero-order valence-electron chi connectivity index (χ0n) is 19.6. The molecule has 2 N–H and O–H groups in total. The van der Waals surface area contributed by atoms with Gasteiger partial charge in [0.1, 0.15) is 12.3 Å². The number of furan rings is 1. The summed E-state index contributed by atoms with van der Waals surface area (Å²) in [5.74, 6) is -1.84. The number of hydrogen-bond acceptors (Lipinski definition) is 6. The van der Waals surface area contributed by atoms with E-state index in [9.17, 15) is 19.2 Å². The van der Waals surface area contributed by atoms with Gasteiger partial charge in [-0.3, -0.25) is 19.3 Å². The molecule has 3 amide bonds. The number of nitrogens with zero attached hydrogens (tertiary/aromatic N) is 2. The third-order valence-corrected chi connectivity index (χ3v) is 6.69. The summed E-state index contributed by atoms with van der Waals surface area (Å²) in [5.41, 5.74) is 3.11. The standard InChI is InChI=1S/C27H21N3O6S/c1-16-5-4-6-18(11-16)28-24(31)15-30-25(32)23(37-27(30)35)12-17-13-29(21-8-3-2-7-20(17)21)14-19-9-10-22(36-19)26(33)34/h2-13H,14-15H2,1H3,(H,28,31)(H,33,34)/b23-12-. The van der Waals surface area contributed by atoms with E-state index in [2.05, 4.69) is 5.32 Å². The number of hydrogen-bond donors (Lipinski definition) is 2. The van der Waals surface area contributed by atoms with Gasteiger partial charge in [0.15, 0.2) is 0 Å². The molecule has 3 heterocycles. The van der Waals surface area contributed by atoms with Crippen LogP contribution in [-0.2, 0) is 16.1 Å². The Hall–Kier alpha value is -4.57. The average molecular weight is 516 g/mol. The van der Waals surface area contributed by atoms with Crippen molar-refractivity contribution < 1.29 is 28.7 Å². The third-order valence-electron chi connectivity index (χ3n) is 5.78. The summed E-state index contributed by atoms with van der Waals surface area (Å²) >= 11 is 0.781. The number of aromatic carboxylic acids is 1. The van der Waals surface area contributed by atoms with Crippen LogP contribution in [0.5, 0.6) is 0 Å². The van der Waals surface area contributed by atoms with Crippen LogP contribution in [0.25, 0.3) is 17.0 Å². The summed E-state index contributed by atoms with van der Waals surface area (Å²) < 4.78 is 7.27. The molecule has 1 aliphatic heterocycles. The molecule has 0 atom stereocenters. The maximum Gasteiger partial charge on any atom is 0.371 e. The van der Waals surface area contributed by atoms with Crippen LogP contribution < -0.4 is 5.32 Å². The lowest BCUT2D eigenvalue weighted by Crippen LogP contribution is -2.36. The van der Waals surface area contributed by atoms with Gasteiger partial charge in [-0.2, -0.15) is 0 Å². The number of aryl methyl sites for hydroxylation is 1. The van der Waals surface area contributed by atoms with E-state index >= 15 is 0 Å². The van der Waals surface area contributed by atoms with Crippen LogP contribution in [0, 0.1) is 6.92 Å². The number of anilines is 1. The summed E-state index contributed by atoms with van der Waals surface area (Å²) in [7, 11) is 0. The summed E-state index contributed by atoms with van der Waals surface area (Å²) in [6.45, 7) is 1.79. The molecule has 2 aromatic carbocycles. The second kappa shape index (κ2) is 9.82. The number of carboxylic acids is 1. The second-order valence-electron chi connectivity index (χ2n) is 8.49. The molecule has 37 heavy (non-hydrogen) atoms. The highest BCUT2D eigenvalue weighted by Gasteiger charge is 2.36. The van der Waals surface area contributed by atoms with Crippen molar-refractivity contribution in [3.05, 3.63) is 94.4 Å². The Labute approximate surface area is 215 Å².